The number of likely N-dealkylation sites (tertiary alicyclic amines) is 1. The zero-order valence-corrected chi connectivity index (χ0v) is 23.6. The number of carbonyl (C=O) groups is 1. The van der Waals surface area contributed by atoms with Gasteiger partial charge in [-0.05, 0) is 43.3 Å². The van der Waals surface area contributed by atoms with Crippen molar-refractivity contribution in [3.63, 3.8) is 0 Å². The number of nitrogens with zero attached hydrogens (tertiary/aromatic N) is 1. The third kappa shape index (κ3) is 6.76. The predicted molar refractivity (Wildman–Crippen MR) is 158 cm³/mol. The van der Waals surface area contributed by atoms with E-state index in [-0.39, 0.29) is 35.2 Å². The Bertz CT molecular complexity index is 1490. The average molecular weight is 564 g/mol. The summed E-state index contributed by atoms with van der Waals surface area (Å²) in [6.45, 7) is 0. The fraction of sp³-hybridized carbons (Fsp3) is 0.281. The molecule has 204 valence electrons. The van der Waals surface area contributed by atoms with Gasteiger partial charge in [0, 0.05) is 29.5 Å². The van der Waals surface area contributed by atoms with Gasteiger partial charge in [0.25, 0.3) is 10.1 Å². The highest BCUT2D eigenvalue weighted by atomic mass is 35.5. The maximum Gasteiger partial charge on any atom is 0.298 e. The molecule has 5 rings (SSSR count). The van der Waals surface area contributed by atoms with E-state index in [1.54, 1.807) is 12.1 Å². The molecule has 3 atom stereocenters. The van der Waals surface area contributed by atoms with Crippen LogP contribution in [0.25, 0.3) is 10.8 Å². The fourth-order valence-electron chi connectivity index (χ4n) is 5.54. The Hall–Kier alpha value is -3.03. The maximum atomic E-state index is 13.6. The summed E-state index contributed by atoms with van der Waals surface area (Å²) >= 11 is 0. The quantitative estimate of drug-likeness (QED) is 0.159. The molecule has 0 spiro atoms. The van der Waals surface area contributed by atoms with Crippen LogP contribution in [0.5, 0.6) is 0 Å². The number of rotatable bonds is 9. The number of halogens is 1. The monoisotopic (exact) mass is 563 g/mol. The molecule has 0 saturated carbocycles. The van der Waals surface area contributed by atoms with Gasteiger partial charge in [-0.2, -0.15) is 8.42 Å². The van der Waals surface area contributed by atoms with Gasteiger partial charge in [-0.25, -0.2) is 0 Å². The van der Waals surface area contributed by atoms with E-state index in [9.17, 15) is 13.2 Å². The van der Waals surface area contributed by atoms with E-state index in [4.69, 9.17) is 4.18 Å². The van der Waals surface area contributed by atoms with Crippen LogP contribution >= 0.6 is 12.4 Å². The third-order valence-corrected chi connectivity index (χ3v) is 9.04. The second-order valence-electron chi connectivity index (χ2n) is 10.1. The van der Waals surface area contributed by atoms with Crippen LogP contribution in [0.3, 0.4) is 0 Å². The number of benzene rings is 4. The maximum absolute atomic E-state index is 13.6. The summed E-state index contributed by atoms with van der Waals surface area (Å²) in [6, 6.07) is 31.9. The summed E-state index contributed by atoms with van der Waals surface area (Å²) in [5.41, 5.74) is 1.56. The van der Waals surface area contributed by atoms with E-state index in [1.807, 2.05) is 98.0 Å². The van der Waals surface area contributed by atoms with Crippen LogP contribution in [0, 0.1) is 0 Å². The normalized spacial score (nSPS) is 18.8. The smallest absolute Gasteiger partial charge is 0.298 e. The van der Waals surface area contributed by atoms with Crippen molar-refractivity contribution in [1.82, 2.24) is 4.90 Å². The minimum atomic E-state index is -4.04. The lowest BCUT2D eigenvalue weighted by Gasteiger charge is -2.40. The van der Waals surface area contributed by atoms with Crippen molar-refractivity contribution < 1.29 is 17.4 Å². The number of hydrogen-bond donors (Lipinski definition) is 0. The largest absolute Gasteiger partial charge is 0.300 e. The van der Waals surface area contributed by atoms with Crippen molar-refractivity contribution in [3.05, 3.63) is 114 Å². The summed E-state index contributed by atoms with van der Waals surface area (Å²) in [4.78, 5) is 15.4. The van der Waals surface area contributed by atoms with E-state index >= 15 is 0 Å². The lowest BCUT2D eigenvalue weighted by molar-refractivity contribution is 0.0626. The third-order valence-electron chi connectivity index (χ3n) is 7.66. The number of hydrogen-bond acceptors (Lipinski definition) is 5. The SMILES string of the molecule is CN1C(CC(=O)c2ccccc2)CCCC1CC(OS(=O)(=O)c1cccc2ccccc12)c1ccccc1.Cl. The topological polar surface area (TPSA) is 63.7 Å². The Morgan fingerprint density at radius 3 is 2.21 bits per heavy atom. The Labute approximate surface area is 237 Å². The first-order valence-electron chi connectivity index (χ1n) is 13.2. The van der Waals surface area contributed by atoms with Crippen molar-refractivity contribution in [3.8, 4) is 0 Å². The van der Waals surface area contributed by atoms with Gasteiger partial charge in [-0.1, -0.05) is 103 Å². The molecule has 1 aliphatic heterocycles. The van der Waals surface area contributed by atoms with Gasteiger partial charge in [0.2, 0.25) is 0 Å². The minimum absolute atomic E-state index is 0. The molecule has 0 bridgehead atoms. The Morgan fingerprint density at radius 1 is 0.846 bits per heavy atom. The summed E-state index contributed by atoms with van der Waals surface area (Å²) < 4.78 is 33.3. The second kappa shape index (κ2) is 12.9. The molecule has 0 radical (unpaired) electrons. The molecule has 3 unspecified atom stereocenters. The lowest BCUT2D eigenvalue weighted by atomic mass is 9.88. The average Bonchev–Trinajstić information content (AvgIpc) is 2.95. The van der Waals surface area contributed by atoms with Gasteiger partial charge >= 0.3 is 0 Å². The van der Waals surface area contributed by atoms with Crippen LogP contribution in [0.2, 0.25) is 0 Å². The molecule has 1 saturated heterocycles. The van der Waals surface area contributed by atoms with Gasteiger partial charge < -0.3 is 0 Å². The Kier molecular flexibility index (Phi) is 9.57. The first-order valence-corrected chi connectivity index (χ1v) is 14.6. The lowest BCUT2D eigenvalue weighted by Crippen LogP contribution is -2.45. The van der Waals surface area contributed by atoms with Crippen molar-refractivity contribution >= 4 is 39.1 Å². The first kappa shape index (κ1) is 29.0. The highest BCUT2D eigenvalue weighted by molar-refractivity contribution is 7.87. The molecule has 7 heteroatoms. The number of Topliss-reactive ketones (excluding diaryl/α,β-unsaturated/α-hetero) is 1. The molecule has 1 heterocycles. The summed E-state index contributed by atoms with van der Waals surface area (Å²) in [6.07, 6.45) is 3.17. The van der Waals surface area contributed by atoms with Crippen molar-refractivity contribution in [2.75, 3.05) is 7.05 Å². The number of carbonyl (C=O) groups excluding carboxylic acids is 1. The van der Waals surface area contributed by atoms with Crippen molar-refractivity contribution in [2.24, 2.45) is 0 Å². The molecular formula is C32H34ClNO4S. The van der Waals surface area contributed by atoms with Crippen LogP contribution in [0.4, 0.5) is 0 Å². The van der Waals surface area contributed by atoms with Crippen LogP contribution in [0.15, 0.2) is 108 Å². The molecule has 0 amide bonds. The van der Waals surface area contributed by atoms with Gasteiger partial charge in [-0.15, -0.1) is 12.4 Å². The van der Waals surface area contributed by atoms with Gasteiger partial charge in [0.15, 0.2) is 5.78 Å². The van der Waals surface area contributed by atoms with Crippen molar-refractivity contribution in [1.29, 1.82) is 0 Å². The van der Waals surface area contributed by atoms with Gasteiger partial charge in [0.05, 0.1) is 0 Å². The number of piperidine rings is 1. The molecule has 4 aromatic rings. The molecule has 1 aliphatic rings. The molecular weight excluding hydrogens is 530 g/mol. The van der Waals surface area contributed by atoms with Crippen LogP contribution < -0.4 is 0 Å². The highest BCUT2D eigenvalue weighted by Crippen LogP contribution is 2.35. The Balaban J connectivity index is 0.00000353. The summed E-state index contributed by atoms with van der Waals surface area (Å²) in [5, 5.41) is 1.50. The van der Waals surface area contributed by atoms with E-state index < -0.39 is 16.2 Å². The molecule has 0 aliphatic carbocycles. The Morgan fingerprint density at radius 2 is 1.46 bits per heavy atom. The van der Waals surface area contributed by atoms with E-state index in [0.29, 0.717) is 18.2 Å². The molecule has 4 aromatic carbocycles. The second-order valence-corrected chi connectivity index (χ2v) is 11.6. The number of fused-ring (bicyclic) bond motifs is 1. The fourth-order valence-corrected chi connectivity index (χ4v) is 6.84. The zero-order chi connectivity index (χ0) is 26.5. The molecule has 0 aromatic heterocycles. The van der Waals surface area contributed by atoms with E-state index in [1.165, 1.54) is 0 Å². The van der Waals surface area contributed by atoms with Crippen molar-refractivity contribution in [2.45, 2.75) is 55.2 Å². The van der Waals surface area contributed by atoms with E-state index in [0.717, 1.165) is 35.8 Å². The molecule has 0 N–H and O–H groups in total. The predicted octanol–water partition coefficient (Wildman–Crippen LogP) is 7.22. The van der Waals surface area contributed by atoms with Gasteiger partial charge in [-0.3, -0.25) is 13.9 Å². The molecule has 5 nitrogen and oxygen atoms in total. The van der Waals surface area contributed by atoms with E-state index in [2.05, 4.69) is 4.90 Å². The summed E-state index contributed by atoms with van der Waals surface area (Å²) in [5.74, 6) is 0.137. The van der Waals surface area contributed by atoms with Gasteiger partial charge in [0.1, 0.15) is 11.0 Å². The highest BCUT2D eigenvalue weighted by Gasteiger charge is 2.33. The molecule has 39 heavy (non-hydrogen) atoms. The van der Waals surface area contributed by atoms with Crippen LogP contribution in [-0.2, 0) is 14.3 Å². The van der Waals surface area contributed by atoms with Crippen LogP contribution in [0.1, 0.15) is 54.1 Å². The minimum Gasteiger partial charge on any atom is -0.300 e. The molecule has 1 fully saturated rings. The van der Waals surface area contributed by atoms with Crippen LogP contribution in [-0.4, -0.2) is 38.2 Å². The zero-order valence-electron chi connectivity index (χ0n) is 22.0. The first-order chi connectivity index (χ1) is 18.4. The standard InChI is InChI=1S/C32H33NO4S.ClH/c1-33-27(22-30(34)25-13-4-2-5-14-25)18-11-19-28(33)23-31(26-15-6-3-7-16-26)37-38(35,36)32-21-10-17-24-12-8-9-20-29(24)32;/h2-10,12-17,20-21,27-28,31H,11,18-19,22-23H2,1H3;1H. The summed E-state index contributed by atoms with van der Waals surface area (Å²) in [7, 11) is -1.99. The number of ketones is 1.